The quantitative estimate of drug-likeness (QED) is 0.607. The van der Waals surface area contributed by atoms with Gasteiger partial charge in [-0.3, -0.25) is 0 Å². The number of hydrogen-bond donors (Lipinski definition) is 3. The third kappa shape index (κ3) is 1.54. The van der Waals surface area contributed by atoms with E-state index in [0.29, 0.717) is 16.6 Å². The molecule has 1 heterocycles. The number of rotatable bonds is 1. The highest BCUT2D eigenvalue weighted by Crippen LogP contribution is 2.26. The van der Waals surface area contributed by atoms with Crippen molar-refractivity contribution in [2.24, 2.45) is 0 Å². The highest BCUT2D eigenvalue weighted by atomic mass is 16.4. The molecule has 0 aliphatic rings. The van der Waals surface area contributed by atoms with Crippen LogP contribution in [0.4, 0.5) is 5.69 Å². The number of nitrogens with zero attached hydrogens (tertiary/aromatic N) is 1. The standard InChI is InChI=1S/C10H8N2O3/c11-5-3-8-6(9(13)4-5)1-2-7(12-8)10(14)15/h1-4,13H,11H2,(H,14,15). The Hall–Kier alpha value is -2.30. The second-order valence-electron chi connectivity index (χ2n) is 3.11. The fraction of sp³-hybridized carbons (Fsp3) is 0. The fourth-order valence-corrected chi connectivity index (χ4v) is 1.36. The highest BCUT2D eigenvalue weighted by Gasteiger charge is 2.08. The van der Waals surface area contributed by atoms with Gasteiger partial charge >= 0.3 is 5.97 Å². The minimum absolute atomic E-state index is 0.00515. The number of phenolic OH excluding ortho intramolecular Hbond substituents is 1. The number of carbonyl (C=O) groups is 1. The van der Waals surface area contributed by atoms with Crippen LogP contribution in [-0.4, -0.2) is 21.2 Å². The lowest BCUT2D eigenvalue weighted by molar-refractivity contribution is 0.0691. The van der Waals surface area contributed by atoms with Gasteiger partial charge in [-0.05, 0) is 18.2 Å². The Labute approximate surface area is 84.8 Å². The molecule has 0 unspecified atom stereocenters. The number of benzene rings is 1. The summed E-state index contributed by atoms with van der Waals surface area (Å²) in [5.74, 6) is -1.12. The Bertz CT molecular complexity index is 552. The van der Waals surface area contributed by atoms with E-state index in [0.717, 1.165) is 0 Å². The van der Waals surface area contributed by atoms with Crippen LogP contribution < -0.4 is 5.73 Å². The fourth-order valence-electron chi connectivity index (χ4n) is 1.36. The lowest BCUT2D eigenvalue weighted by Crippen LogP contribution is -2.00. The first-order valence-electron chi connectivity index (χ1n) is 4.20. The Kier molecular flexibility index (Phi) is 1.93. The molecule has 0 amide bonds. The number of carboxylic acid groups (broad SMARTS) is 1. The molecule has 2 rings (SSSR count). The summed E-state index contributed by atoms with van der Waals surface area (Å²) in [6.07, 6.45) is 0. The van der Waals surface area contributed by atoms with Crippen molar-refractivity contribution in [2.75, 3.05) is 5.73 Å². The number of pyridine rings is 1. The zero-order valence-electron chi connectivity index (χ0n) is 7.64. The number of fused-ring (bicyclic) bond motifs is 1. The number of aromatic nitrogens is 1. The maximum Gasteiger partial charge on any atom is 0.354 e. The second-order valence-corrected chi connectivity index (χ2v) is 3.11. The summed E-state index contributed by atoms with van der Waals surface area (Å²) in [6.45, 7) is 0. The van der Waals surface area contributed by atoms with Gasteiger partial charge in [0.15, 0.2) is 0 Å². The number of hydrogen-bond acceptors (Lipinski definition) is 4. The maximum atomic E-state index is 10.7. The van der Waals surface area contributed by atoms with Crippen molar-refractivity contribution in [3.8, 4) is 5.75 Å². The van der Waals surface area contributed by atoms with Gasteiger partial charge in [0.1, 0.15) is 11.4 Å². The van der Waals surface area contributed by atoms with Crippen molar-refractivity contribution in [3.05, 3.63) is 30.0 Å². The SMILES string of the molecule is Nc1cc(O)c2ccc(C(=O)O)nc2c1. The second kappa shape index (κ2) is 3.13. The molecule has 0 atom stereocenters. The van der Waals surface area contributed by atoms with Crippen LogP contribution in [0.15, 0.2) is 24.3 Å². The molecule has 0 aliphatic carbocycles. The molecule has 0 saturated heterocycles. The monoisotopic (exact) mass is 204 g/mol. The van der Waals surface area contributed by atoms with Gasteiger partial charge in [0.2, 0.25) is 0 Å². The topological polar surface area (TPSA) is 96.4 Å². The number of aromatic carboxylic acids is 1. The van der Waals surface area contributed by atoms with Crippen LogP contribution in [-0.2, 0) is 0 Å². The van der Waals surface area contributed by atoms with E-state index in [4.69, 9.17) is 10.8 Å². The van der Waals surface area contributed by atoms with Gasteiger partial charge in [-0.1, -0.05) is 0 Å². The maximum absolute atomic E-state index is 10.7. The Morgan fingerprint density at radius 1 is 1.33 bits per heavy atom. The van der Waals surface area contributed by atoms with E-state index >= 15 is 0 Å². The molecular weight excluding hydrogens is 196 g/mol. The third-order valence-electron chi connectivity index (χ3n) is 2.03. The molecule has 1 aromatic carbocycles. The summed E-state index contributed by atoms with van der Waals surface area (Å²) in [4.78, 5) is 14.5. The molecule has 0 bridgehead atoms. The van der Waals surface area contributed by atoms with Crippen LogP contribution in [0, 0.1) is 0 Å². The number of nitrogen functional groups attached to an aromatic ring is 1. The number of aromatic hydroxyl groups is 1. The van der Waals surface area contributed by atoms with Gasteiger partial charge in [0, 0.05) is 17.1 Å². The van der Waals surface area contributed by atoms with E-state index in [2.05, 4.69) is 4.98 Å². The zero-order chi connectivity index (χ0) is 11.0. The predicted octanol–water partition coefficient (Wildman–Crippen LogP) is 1.22. The van der Waals surface area contributed by atoms with Crippen LogP contribution >= 0.6 is 0 Å². The molecule has 0 radical (unpaired) electrons. The Balaban J connectivity index is 2.76. The number of nitrogens with two attached hydrogens (primary N) is 1. The molecule has 76 valence electrons. The van der Waals surface area contributed by atoms with Gasteiger partial charge in [0.25, 0.3) is 0 Å². The smallest absolute Gasteiger partial charge is 0.354 e. The van der Waals surface area contributed by atoms with Crippen LogP contribution in [0.5, 0.6) is 5.75 Å². The first-order valence-corrected chi connectivity index (χ1v) is 4.20. The van der Waals surface area contributed by atoms with Crippen LogP contribution in [0.3, 0.4) is 0 Å². The molecule has 0 saturated carbocycles. The van der Waals surface area contributed by atoms with Crippen molar-refractivity contribution < 1.29 is 15.0 Å². The van der Waals surface area contributed by atoms with Crippen molar-refractivity contribution in [2.45, 2.75) is 0 Å². The van der Waals surface area contributed by atoms with Crippen molar-refractivity contribution >= 4 is 22.6 Å². The average Bonchev–Trinajstić information content (AvgIpc) is 2.16. The summed E-state index contributed by atoms with van der Waals surface area (Å²) < 4.78 is 0. The van der Waals surface area contributed by atoms with E-state index in [1.165, 1.54) is 24.3 Å². The normalized spacial score (nSPS) is 10.4. The van der Waals surface area contributed by atoms with Gasteiger partial charge in [0.05, 0.1) is 5.52 Å². The van der Waals surface area contributed by atoms with E-state index in [9.17, 15) is 9.90 Å². The molecule has 5 nitrogen and oxygen atoms in total. The van der Waals surface area contributed by atoms with Crippen molar-refractivity contribution in [1.29, 1.82) is 0 Å². The largest absolute Gasteiger partial charge is 0.507 e. The van der Waals surface area contributed by atoms with E-state index in [-0.39, 0.29) is 11.4 Å². The van der Waals surface area contributed by atoms with Gasteiger partial charge in [-0.15, -0.1) is 0 Å². The van der Waals surface area contributed by atoms with E-state index in [1.807, 2.05) is 0 Å². The van der Waals surface area contributed by atoms with Gasteiger partial charge in [-0.25, -0.2) is 9.78 Å². The lowest BCUT2D eigenvalue weighted by atomic mass is 10.1. The molecule has 0 aliphatic heterocycles. The van der Waals surface area contributed by atoms with Crippen molar-refractivity contribution in [1.82, 2.24) is 4.98 Å². The summed E-state index contributed by atoms with van der Waals surface area (Å²) in [7, 11) is 0. The summed E-state index contributed by atoms with van der Waals surface area (Å²) >= 11 is 0. The first-order chi connectivity index (χ1) is 7.08. The number of anilines is 1. The molecule has 0 fully saturated rings. The molecule has 5 heteroatoms. The van der Waals surface area contributed by atoms with Crippen LogP contribution in [0.2, 0.25) is 0 Å². The summed E-state index contributed by atoms with van der Waals surface area (Å²) in [5.41, 5.74) is 6.14. The zero-order valence-corrected chi connectivity index (χ0v) is 7.64. The molecular formula is C10H8N2O3. The Morgan fingerprint density at radius 2 is 2.07 bits per heavy atom. The third-order valence-corrected chi connectivity index (χ3v) is 2.03. The molecule has 2 aromatic rings. The lowest BCUT2D eigenvalue weighted by Gasteiger charge is -2.03. The summed E-state index contributed by atoms with van der Waals surface area (Å²) in [6, 6.07) is 5.74. The minimum Gasteiger partial charge on any atom is -0.507 e. The van der Waals surface area contributed by atoms with Crippen LogP contribution in [0.1, 0.15) is 10.5 Å². The molecule has 15 heavy (non-hydrogen) atoms. The first kappa shape index (κ1) is 9.26. The van der Waals surface area contributed by atoms with Crippen molar-refractivity contribution in [3.63, 3.8) is 0 Å². The Morgan fingerprint density at radius 3 is 2.73 bits per heavy atom. The van der Waals surface area contributed by atoms with E-state index in [1.54, 1.807) is 0 Å². The average molecular weight is 204 g/mol. The number of phenols is 1. The van der Waals surface area contributed by atoms with Crippen LogP contribution in [0.25, 0.3) is 10.9 Å². The molecule has 4 N–H and O–H groups in total. The predicted molar refractivity (Wildman–Crippen MR) is 54.8 cm³/mol. The molecule has 1 aromatic heterocycles. The molecule has 0 spiro atoms. The summed E-state index contributed by atoms with van der Waals surface area (Å²) in [5, 5.41) is 18.7. The minimum atomic E-state index is -1.11. The van der Waals surface area contributed by atoms with Gasteiger partial charge < -0.3 is 15.9 Å². The highest BCUT2D eigenvalue weighted by molar-refractivity contribution is 5.93. The van der Waals surface area contributed by atoms with E-state index < -0.39 is 5.97 Å². The van der Waals surface area contributed by atoms with Gasteiger partial charge in [-0.2, -0.15) is 0 Å². The number of carboxylic acids is 1.